The number of carbonyl (C=O) groups excluding carboxylic acids is 1. The molecule has 0 fully saturated rings. The zero-order chi connectivity index (χ0) is 19.9. The normalized spacial score (nSPS) is 20.1. The summed E-state index contributed by atoms with van der Waals surface area (Å²) >= 11 is 0. The van der Waals surface area contributed by atoms with Crippen LogP contribution in [-0.4, -0.2) is 38.1 Å². The average Bonchev–Trinajstić information content (AvgIpc) is 2.70. The number of hydrogen-bond donors (Lipinski definition) is 0. The van der Waals surface area contributed by atoms with E-state index < -0.39 is 21.2 Å². The fourth-order valence-electron chi connectivity index (χ4n) is 3.89. The van der Waals surface area contributed by atoms with Crippen LogP contribution in [0.5, 0.6) is 11.5 Å². The molecule has 4 rings (SSSR count). The molecule has 28 heavy (non-hydrogen) atoms. The van der Waals surface area contributed by atoms with Crippen LogP contribution in [0.4, 0.5) is 0 Å². The topological polar surface area (TPSA) is 72.9 Å². The fraction of sp³-hybridized carbons (Fsp3) is 0.286. The minimum Gasteiger partial charge on any atom is -0.493 e. The Morgan fingerprint density at radius 1 is 1.07 bits per heavy atom. The van der Waals surface area contributed by atoms with Gasteiger partial charge in [0.1, 0.15) is 5.25 Å². The van der Waals surface area contributed by atoms with Crippen LogP contribution in [0.25, 0.3) is 5.57 Å². The molecular formula is C21H21NO5S. The molecule has 1 heterocycles. The van der Waals surface area contributed by atoms with Gasteiger partial charge in [-0.1, -0.05) is 30.3 Å². The summed E-state index contributed by atoms with van der Waals surface area (Å²) in [7, 11) is -0.715. The van der Waals surface area contributed by atoms with Crippen molar-refractivity contribution in [3.05, 3.63) is 65.2 Å². The quantitative estimate of drug-likeness (QED) is 0.791. The number of fused-ring (bicyclic) bond motifs is 3. The second-order valence-corrected chi connectivity index (χ2v) is 8.91. The van der Waals surface area contributed by atoms with Gasteiger partial charge in [-0.25, -0.2) is 12.7 Å². The molecule has 0 spiro atoms. The van der Waals surface area contributed by atoms with Gasteiger partial charge >= 0.3 is 0 Å². The molecular weight excluding hydrogens is 378 g/mol. The predicted molar refractivity (Wildman–Crippen MR) is 106 cm³/mol. The summed E-state index contributed by atoms with van der Waals surface area (Å²) in [5.74, 6) is 0.591. The Bertz CT molecular complexity index is 1060. The van der Waals surface area contributed by atoms with E-state index in [1.165, 1.54) is 13.2 Å². The number of sulfonamides is 1. The highest BCUT2D eigenvalue weighted by molar-refractivity contribution is 7.90. The van der Waals surface area contributed by atoms with Gasteiger partial charge in [0.25, 0.3) is 5.91 Å². The van der Waals surface area contributed by atoms with Gasteiger partial charge in [0.05, 0.1) is 20.8 Å². The van der Waals surface area contributed by atoms with Gasteiger partial charge in [0, 0.05) is 6.08 Å². The van der Waals surface area contributed by atoms with E-state index in [4.69, 9.17) is 9.47 Å². The molecule has 1 aliphatic carbocycles. The minimum absolute atomic E-state index is 0.0427. The first-order valence-electron chi connectivity index (χ1n) is 9.02. The average molecular weight is 399 g/mol. The number of nitrogens with zero attached hydrogens (tertiary/aromatic N) is 1. The van der Waals surface area contributed by atoms with Gasteiger partial charge in [0.15, 0.2) is 11.5 Å². The molecule has 0 bridgehead atoms. The Kier molecular flexibility index (Phi) is 4.63. The number of carbonyl (C=O) groups is 1. The molecule has 2 aromatic rings. The van der Waals surface area contributed by atoms with Crippen molar-refractivity contribution in [2.75, 3.05) is 14.2 Å². The minimum atomic E-state index is -3.81. The fourth-order valence-corrected chi connectivity index (χ4v) is 5.76. The zero-order valence-electron chi connectivity index (χ0n) is 15.7. The molecule has 146 valence electrons. The Morgan fingerprint density at radius 3 is 2.43 bits per heavy atom. The third kappa shape index (κ3) is 2.96. The van der Waals surface area contributed by atoms with Crippen LogP contribution in [0.15, 0.2) is 48.5 Å². The van der Waals surface area contributed by atoms with E-state index in [9.17, 15) is 13.2 Å². The number of methoxy groups -OCH3 is 2. The molecule has 0 saturated heterocycles. The van der Waals surface area contributed by atoms with Gasteiger partial charge in [-0.2, -0.15) is 0 Å². The molecule has 1 aliphatic heterocycles. The van der Waals surface area contributed by atoms with Gasteiger partial charge in [0.2, 0.25) is 10.0 Å². The van der Waals surface area contributed by atoms with Crippen molar-refractivity contribution < 1.29 is 22.7 Å². The van der Waals surface area contributed by atoms with Crippen LogP contribution in [0.3, 0.4) is 0 Å². The van der Waals surface area contributed by atoms with Crippen molar-refractivity contribution in [1.82, 2.24) is 4.31 Å². The van der Waals surface area contributed by atoms with Gasteiger partial charge in [-0.05, 0) is 47.2 Å². The first-order chi connectivity index (χ1) is 13.5. The van der Waals surface area contributed by atoms with Crippen molar-refractivity contribution in [2.45, 2.75) is 24.6 Å². The molecule has 1 unspecified atom stereocenters. The number of amides is 1. The van der Waals surface area contributed by atoms with Crippen molar-refractivity contribution in [3.8, 4) is 11.5 Å². The standard InChI is InChI=1S/C21H21NO5S/c1-26-18-10-15-8-9-20-17(16(15)11-19(18)27-2)12-21(23)22(28(20,24)25)13-14-6-4-3-5-7-14/h3-7,10-12,20H,8-9,13H2,1-2H3. The molecule has 1 atom stereocenters. The van der Waals surface area contributed by atoms with Gasteiger partial charge < -0.3 is 9.47 Å². The molecule has 0 saturated carbocycles. The summed E-state index contributed by atoms with van der Waals surface area (Å²) in [6.07, 6.45) is 2.47. The second kappa shape index (κ2) is 6.98. The van der Waals surface area contributed by atoms with Crippen LogP contribution in [-0.2, 0) is 27.8 Å². The maximum atomic E-state index is 13.3. The molecule has 6 nitrogen and oxygen atoms in total. The number of ether oxygens (including phenoxy) is 2. The Labute approximate surface area is 164 Å². The van der Waals surface area contributed by atoms with Crippen molar-refractivity contribution in [2.24, 2.45) is 0 Å². The summed E-state index contributed by atoms with van der Waals surface area (Å²) in [6, 6.07) is 12.8. The highest BCUT2D eigenvalue weighted by Crippen LogP contribution is 2.43. The van der Waals surface area contributed by atoms with Crippen molar-refractivity contribution in [3.63, 3.8) is 0 Å². The molecule has 0 N–H and O–H groups in total. The third-order valence-corrected chi connectivity index (χ3v) is 7.44. The lowest BCUT2D eigenvalue weighted by Gasteiger charge is -2.36. The Hall–Kier alpha value is -2.80. The molecule has 2 aliphatic rings. The van der Waals surface area contributed by atoms with E-state index in [1.54, 1.807) is 13.2 Å². The van der Waals surface area contributed by atoms with E-state index in [2.05, 4.69) is 0 Å². The molecule has 1 amide bonds. The summed E-state index contributed by atoms with van der Waals surface area (Å²) < 4.78 is 38.2. The van der Waals surface area contributed by atoms with E-state index in [0.29, 0.717) is 29.9 Å². The van der Waals surface area contributed by atoms with Crippen LogP contribution >= 0.6 is 0 Å². The van der Waals surface area contributed by atoms with E-state index in [-0.39, 0.29) is 6.54 Å². The van der Waals surface area contributed by atoms with Crippen molar-refractivity contribution >= 4 is 21.5 Å². The maximum Gasteiger partial charge on any atom is 0.260 e. The maximum absolute atomic E-state index is 13.3. The zero-order valence-corrected chi connectivity index (χ0v) is 16.5. The second-order valence-electron chi connectivity index (χ2n) is 6.87. The van der Waals surface area contributed by atoms with E-state index >= 15 is 0 Å². The van der Waals surface area contributed by atoms with Crippen LogP contribution in [0.2, 0.25) is 0 Å². The van der Waals surface area contributed by atoms with Gasteiger partial charge in [-0.15, -0.1) is 0 Å². The summed E-state index contributed by atoms with van der Waals surface area (Å²) in [6.45, 7) is 0.0427. The first kappa shape index (κ1) is 18.6. The molecule has 2 aromatic carbocycles. The first-order valence-corrected chi connectivity index (χ1v) is 10.5. The molecule has 0 radical (unpaired) electrons. The highest BCUT2D eigenvalue weighted by atomic mass is 32.2. The van der Waals surface area contributed by atoms with E-state index in [1.807, 2.05) is 36.4 Å². The lowest BCUT2D eigenvalue weighted by molar-refractivity contribution is -0.122. The van der Waals surface area contributed by atoms with Crippen LogP contribution in [0.1, 0.15) is 23.1 Å². The number of aryl methyl sites for hydroxylation is 1. The number of hydrogen-bond acceptors (Lipinski definition) is 5. The van der Waals surface area contributed by atoms with Crippen molar-refractivity contribution in [1.29, 1.82) is 0 Å². The summed E-state index contributed by atoms with van der Waals surface area (Å²) in [5, 5.41) is -0.737. The van der Waals surface area contributed by atoms with Crippen LogP contribution < -0.4 is 9.47 Å². The lowest BCUT2D eigenvalue weighted by atomic mass is 9.86. The highest BCUT2D eigenvalue weighted by Gasteiger charge is 2.44. The molecule has 7 heteroatoms. The number of rotatable bonds is 4. The Balaban J connectivity index is 1.78. The smallest absolute Gasteiger partial charge is 0.260 e. The monoisotopic (exact) mass is 399 g/mol. The summed E-state index contributed by atoms with van der Waals surface area (Å²) in [5.41, 5.74) is 3.01. The third-order valence-electron chi connectivity index (χ3n) is 5.30. The SMILES string of the molecule is COc1cc2c(cc1OC)C1=CC(=O)N(Cc3ccccc3)S(=O)(=O)C1CC2. The predicted octanol–water partition coefficient (Wildman–Crippen LogP) is 2.77. The van der Waals surface area contributed by atoms with Gasteiger partial charge in [-0.3, -0.25) is 4.79 Å². The van der Waals surface area contributed by atoms with Crippen LogP contribution in [0, 0.1) is 0 Å². The largest absolute Gasteiger partial charge is 0.493 e. The lowest BCUT2D eigenvalue weighted by Crippen LogP contribution is -2.46. The summed E-state index contributed by atoms with van der Waals surface area (Å²) in [4.78, 5) is 12.8. The molecule has 0 aromatic heterocycles. The van der Waals surface area contributed by atoms with E-state index in [0.717, 1.165) is 21.0 Å². The Morgan fingerprint density at radius 2 is 1.75 bits per heavy atom. The number of benzene rings is 2.